The van der Waals surface area contributed by atoms with E-state index in [9.17, 15) is 9.59 Å². The van der Waals surface area contributed by atoms with E-state index in [0.717, 1.165) is 43.5 Å². The highest BCUT2D eigenvalue weighted by atomic mass is 35.5. The van der Waals surface area contributed by atoms with Crippen LogP contribution in [0.2, 0.25) is 5.02 Å². The Kier molecular flexibility index (Phi) is 5.17. The Labute approximate surface area is 165 Å². The first-order valence-electron chi connectivity index (χ1n) is 10.1. The minimum Gasteiger partial charge on any atom is -0.330 e. The molecule has 0 unspecified atom stereocenters. The van der Waals surface area contributed by atoms with E-state index in [1.807, 2.05) is 23.1 Å². The number of piperazine rings is 1. The van der Waals surface area contributed by atoms with Crippen molar-refractivity contribution in [2.45, 2.75) is 62.4 Å². The fourth-order valence-electron chi connectivity index (χ4n) is 4.91. The first-order valence-corrected chi connectivity index (χ1v) is 10.5. The zero-order valence-corrected chi connectivity index (χ0v) is 16.5. The number of nitrogens with zero attached hydrogens (tertiary/aromatic N) is 2. The number of hydrogen-bond acceptors (Lipinski definition) is 3. The lowest BCUT2D eigenvalue weighted by Crippen LogP contribution is -2.61. The SMILES string of the molecule is NCC1(c2cccc(Cl)c2)CCC(N2CC(=O)N(C3CCC3)CC2=O)CC1. The van der Waals surface area contributed by atoms with Crippen molar-refractivity contribution in [3.8, 4) is 0 Å². The smallest absolute Gasteiger partial charge is 0.242 e. The summed E-state index contributed by atoms with van der Waals surface area (Å²) in [5, 5.41) is 0.732. The molecule has 27 heavy (non-hydrogen) atoms. The van der Waals surface area contributed by atoms with Gasteiger partial charge in [0.05, 0.1) is 0 Å². The minimum absolute atomic E-state index is 0.0811. The molecule has 0 bridgehead atoms. The fraction of sp³-hybridized carbons (Fsp3) is 0.619. The summed E-state index contributed by atoms with van der Waals surface area (Å²) in [5.41, 5.74) is 7.29. The number of carbonyl (C=O) groups is 2. The number of nitrogens with two attached hydrogens (primary N) is 1. The topological polar surface area (TPSA) is 66.6 Å². The van der Waals surface area contributed by atoms with Crippen LogP contribution in [0.1, 0.15) is 50.5 Å². The first-order chi connectivity index (χ1) is 13.0. The van der Waals surface area contributed by atoms with Gasteiger partial charge in [0.1, 0.15) is 13.1 Å². The zero-order valence-electron chi connectivity index (χ0n) is 15.7. The molecule has 2 N–H and O–H groups in total. The Morgan fingerprint density at radius 1 is 1.00 bits per heavy atom. The van der Waals surface area contributed by atoms with E-state index in [2.05, 4.69) is 6.07 Å². The van der Waals surface area contributed by atoms with Crippen LogP contribution in [0.4, 0.5) is 0 Å². The third kappa shape index (κ3) is 3.47. The van der Waals surface area contributed by atoms with Crippen molar-refractivity contribution in [1.82, 2.24) is 9.80 Å². The van der Waals surface area contributed by atoms with E-state index in [0.29, 0.717) is 12.6 Å². The number of hydrogen-bond donors (Lipinski definition) is 1. The molecule has 3 aliphatic rings. The van der Waals surface area contributed by atoms with Gasteiger partial charge in [0.25, 0.3) is 0 Å². The van der Waals surface area contributed by atoms with Crippen molar-refractivity contribution >= 4 is 23.4 Å². The van der Waals surface area contributed by atoms with Crippen molar-refractivity contribution in [3.63, 3.8) is 0 Å². The number of carbonyl (C=O) groups excluding carboxylic acids is 2. The molecule has 2 aliphatic carbocycles. The summed E-state index contributed by atoms with van der Waals surface area (Å²) in [6.07, 6.45) is 6.85. The van der Waals surface area contributed by atoms with E-state index in [4.69, 9.17) is 17.3 Å². The second kappa shape index (κ2) is 7.44. The predicted octanol–water partition coefficient (Wildman–Crippen LogP) is 2.70. The summed E-state index contributed by atoms with van der Waals surface area (Å²) in [7, 11) is 0. The van der Waals surface area contributed by atoms with E-state index >= 15 is 0 Å². The summed E-state index contributed by atoms with van der Waals surface area (Å²) in [6, 6.07) is 8.41. The van der Waals surface area contributed by atoms with Crippen molar-refractivity contribution in [1.29, 1.82) is 0 Å². The highest BCUT2D eigenvalue weighted by Gasteiger charge is 2.42. The molecule has 2 saturated carbocycles. The molecule has 6 heteroatoms. The van der Waals surface area contributed by atoms with Crippen LogP contribution in [-0.4, -0.2) is 53.3 Å². The van der Waals surface area contributed by atoms with Crippen molar-refractivity contribution in [3.05, 3.63) is 34.9 Å². The average Bonchev–Trinajstić information content (AvgIpc) is 2.63. The Bertz CT molecular complexity index is 726. The Hall–Kier alpha value is -1.59. The number of amides is 2. The van der Waals surface area contributed by atoms with Gasteiger partial charge in [0.15, 0.2) is 0 Å². The van der Waals surface area contributed by atoms with Crippen LogP contribution in [0.3, 0.4) is 0 Å². The average molecular weight is 390 g/mol. The predicted molar refractivity (Wildman–Crippen MR) is 106 cm³/mol. The summed E-state index contributed by atoms with van der Waals surface area (Å²) in [4.78, 5) is 28.9. The number of rotatable bonds is 4. The zero-order chi connectivity index (χ0) is 19.0. The standard InChI is InChI=1S/C21H28ClN3O2/c22-16-4-1-3-15(11-16)21(14-23)9-7-18(8-10-21)25-13-19(26)24(12-20(25)27)17-5-2-6-17/h1,3-4,11,17-18H,2,5-10,12-14,23H2. The van der Waals surface area contributed by atoms with Gasteiger partial charge in [-0.05, 0) is 62.6 Å². The molecule has 1 aromatic rings. The monoisotopic (exact) mass is 389 g/mol. The molecule has 3 fully saturated rings. The molecule has 0 spiro atoms. The van der Waals surface area contributed by atoms with Gasteiger partial charge >= 0.3 is 0 Å². The Morgan fingerprint density at radius 3 is 2.07 bits per heavy atom. The largest absolute Gasteiger partial charge is 0.330 e. The molecule has 1 heterocycles. The highest BCUT2D eigenvalue weighted by molar-refractivity contribution is 6.30. The van der Waals surface area contributed by atoms with E-state index in [1.165, 1.54) is 12.0 Å². The molecule has 1 saturated heterocycles. The van der Waals surface area contributed by atoms with Crippen LogP contribution in [0.25, 0.3) is 0 Å². The second-order valence-electron chi connectivity index (χ2n) is 8.35. The minimum atomic E-state index is -0.0811. The lowest BCUT2D eigenvalue weighted by atomic mass is 9.68. The molecule has 4 rings (SSSR count). The van der Waals surface area contributed by atoms with Crippen molar-refractivity contribution < 1.29 is 9.59 Å². The lowest BCUT2D eigenvalue weighted by molar-refractivity contribution is -0.156. The summed E-state index contributed by atoms with van der Waals surface area (Å²) >= 11 is 6.19. The van der Waals surface area contributed by atoms with Crippen LogP contribution in [0.5, 0.6) is 0 Å². The maximum Gasteiger partial charge on any atom is 0.242 e. The summed E-state index contributed by atoms with van der Waals surface area (Å²) in [5.74, 6) is 0.222. The van der Waals surface area contributed by atoms with Gasteiger partial charge in [0.2, 0.25) is 11.8 Å². The number of benzene rings is 1. The fourth-order valence-corrected chi connectivity index (χ4v) is 5.10. The highest BCUT2D eigenvalue weighted by Crippen LogP contribution is 2.41. The van der Waals surface area contributed by atoms with Gasteiger partial charge in [-0.3, -0.25) is 9.59 Å². The maximum absolute atomic E-state index is 12.7. The van der Waals surface area contributed by atoms with E-state index in [-0.39, 0.29) is 36.4 Å². The van der Waals surface area contributed by atoms with Gasteiger partial charge in [-0.2, -0.15) is 0 Å². The third-order valence-corrected chi connectivity index (χ3v) is 7.18. The maximum atomic E-state index is 12.7. The summed E-state index contributed by atoms with van der Waals surface area (Å²) < 4.78 is 0. The van der Waals surface area contributed by atoms with Gasteiger partial charge in [-0.15, -0.1) is 0 Å². The first kappa shape index (κ1) is 18.8. The van der Waals surface area contributed by atoms with Crippen LogP contribution in [0, 0.1) is 0 Å². The molecule has 0 radical (unpaired) electrons. The summed E-state index contributed by atoms with van der Waals surface area (Å²) in [6.45, 7) is 1.07. The molecule has 146 valence electrons. The van der Waals surface area contributed by atoms with Gasteiger partial charge in [-0.25, -0.2) is 0 Å². The van der Waals surface area contributed by atoms with Crippen LogP contribution >= 0.6 is 11.6 Å². The van der Waals surface area contributed by atoms with E-state index < -0.39 is 0 Å². The number of halogens is 1. The molecule has 2 amide bonds. The molecule has 1 aliphatic heterocycles. The van der Waals surface area contributed by atoms with E-state index in [1.54, 1.807) is 4.90 Å². The van der Waals surface area contributed by atoms with Crippen molar-refractivity contribution in [2.24, 2.45) is 5.73 Å². The Morgan fingerprint density at radius 2 is 1.59 bits per heavy atom. The molecule has 1 aromatic carbocycles. The molecular weight excluding hydrogens is 362 g/mol. The van der Waals surface area contributed by atoms with Crippen LogP contribution in [0.15, 0.2) is 24.3 Å². The quantitative estimate of drug-likeness (QED) is 0.860. The molecule has 0 atom stereocenters. The third-order valence-electron chi connectivity index (χ3n) is 6.95. The van der Waals surface area contributed by atoms with Gasteiger partial charge in [-0.1, -0.05) is 23.7 Å². The normalized spacial score (nSPS) is 29.8. The van der Waals surface area contributed by atoms with Gasteiger partial charge in [0, 0.05) is 29.1 Å². The second-order valence-corrected chi connectivity index (χ2v) is 8.79. The van der Waals surface area contributed by atoms with Crippen LogP contribution < -0.4 is 5.73 Å². The van der Waals surface area contributed by atoms with Gasteiger partial charge < -0.3 is 15.5 Å². The molecule has 0 aromatic heterocycles. The van der Waals surface area contributed by atoms with Crippen LogP contribution in [-0.2, 0) is 15.0 Å². The lowest BCUT2D eigenvalue weighted by Gasteiger charge is -2.47. The van der Waals surface area contributed by atoms with Crippen molar-refractivity contribution in [2.75, 3.05) is 19.6 Å². The molecular formula is C21H28ClN3O2. The Balaban J connectivity index is 1.42. The molecule has 5 nitrogen and oxygen atoms in total.